The molecule has 1 aromatic rings. The molecule has 2 aliphatic heterocycles. The van der Waals surface area contributed by atoms with Crippen LogP contribution in [0.5, 0.6) is 0 Å². The Kier molecular flexibility index (Phi) is 3.11. The van der Waals surface area contributed by atoms with Crippen molar-refractivity contribution >= 4 is 11.7 Å². The predicted molar refractivity (Wildman–Crippen MR) is 81.1 cm³/mol. The van der Waals surface area contributed by atoms with Gasteiger partial charge in [0.2, 0.25) is 0 Å². The number of amides is 2. The van der Waals surface area contributed by atoms with Crippen molar-refractivity contribution in [2.75, 3.05) is 24.5 Å². The average molecular weight is 273 g/mol. The van der Waals surface area contributed by atoms with Gasteiger partial charge in [0.1, 0.15) is 0 Å². The zero-order valence-corrected chi connectivity index (χ0v) is 12.5. The second kappa shape index (κ2) is 4.69. The third kappa shape index (κ3) is 2.47. The van der Waals surface area contributed by atoms with Gasteiger partial charge in [-0.25, -0.2) is 4.79 Å². The van der Waals surface area contributed by atoms with Crippen molar-refractivity contribution in [2.24, 2.45) is 0 Å². The lowest BCUT2D eigenvalue weighted by molar-refractivity contribution is 0.177. The Labute approximate surface area is 120 Å². The smallest absolute Gasteiger partial charge is 0.317 e. The number of anilines is 1. The highest BCUT2D eigenvalue weighted by Gasteiger charge is 2.35. The minimum Gasteiger partial charge on any atom is -0.364 e. The van der Waals surface area contributed by atoms with E-state index in [2.05, 4.69) is 34.5 Å². The summed E-state index contributed by atoms with van der Waals surface area (Å²) >= 11 is 0. The van der Waals surface area contributed by atoms with Gasteiger partial charge in [0.15, 0.2) is 0 Å². The van der Waals surface area contributed by atoms with E-state index in [1.165, 1.54) is 11.3 Å². The molecule has 0 aromatic heterocycles. The Morgan fingerprint density at radius 1 is 1.25 bits per heavy atom. The standard InChI is InChI=1S/C16H23N3O/c1-16(2,3)17-15(20)18-8-9-19-13(11-18)10-12-6-4-5-7-14(12)19/h4-7,13H,8-11H2,1-3H3,(H,17,20). The highest BCUT2D eigenvalue weighted by molar-refractivity contribution is 5.75. The van der Waals surface area contributed by atoms with Gasteiger partial charge in [-0.05, 0) is 38.8 Å². The van der Waals surface area contributed by atoms with Gasteiger partial charge in [-0.2, -0.15) is 0 Å². The fourth-order valence-corrected chi connectivity index (χ4v) is 3.15. The molecule has 1 aromatic carbocycles. The van der Waals surface area contributed by atoms with E-state index in [0.29, 0.717) is 6.04 Å². The molecule has 1 unspecified atom stereocenters. The number of urea groups is 1. The summed E-state index contributed by atoms with van der Waals surface area (Å²) in [6.07, 6.45) is 1.05. The summed E-state index contributed by atoms with van der Waals surface area (Å²) in [5, 5.41) is 3.06. The van der Waals surface area contributed by atoms with Crippen LogP contribution in [-0.2, 0) is 6.42 Å². The summed E-state index contributed by atoms with van der Waals surface area (Å²) in [4.78, 5) is 16.7. The number of carbonyl (C=O) groups excluding carboxylic acids is 1. The van der Waals surface area contributed by atoms with E-state index in [-0.39, 0.29) is 11.6 Å². The lowest BCUT2D eigenvalue weighted by Crippen LogP contribution is -2.58. The number of nitrogens with zero attached hydrogens (tertiary/aromatic N) is 2. The summed E-state index contributed by atoms with van der Waals surface area (Å²) in [6.45, 7) is 8.61. The third-order valence-corrected chi connectivity index (χ3v) is 4.01. The van der Waals surface area contributed by atoms with Crippen molar-refractivity contribution in [2.45, 2.75) is 38.8 Å². The van der Waals surface area contributed by atoms with Gasteiger partial charge in [0, 0.05) is 30.9 Å². The van der Waals surface area contributed by atoms with Crippen LogP contribution < -0.4 is 10.2 Å². The van der Waals surface area contributed by atoms with E-state index in [9.17, 15) is 4.79 Å². The van der Waals surface area contributed by atoms with Crippen molar-refractivity contribution < 1.29 is 4.79 Å². The summed E-state index contributed by atoms with van der Waals surface area (Å²) in [5.41, 5.74) is 2.59. The Morgan fingerprint density at radius 2 is 2.00 bits per heavy atom. The van der Waals surface area contributed by atoms with Crippen LogP contribution in [0.2, 0.25) is 0 Å². The summed E-state index contributed by atoms with van der Waals surface area (Å²) in [7, 11) is 0. The molecule has 0 bridgehead atoms. The van der Waals surface area contributed by atoms with Crippen LogP contribution >= 0.6 is 0 Å². The molecular weight excluding hydrogens is 250 g/mol. The van der Waals surface area contributed by atoms with Crippen molar-refractivity contribution in [3.63, 3.8) is 0 Å². The average Bonchev–Trinajstić information content (AvgIpc) is 2.74. The second-order valence-electron chi connectivity index (χ2n) is 6.81. The topological polar surface area (TPSA) is 35.6 Å². The quantitative estimate of drug-likeness (QED) is 0.787. The number of para-hydroxylation sites is 1. The lowest BCUT2D eigenvalue weighted by atomic mass is 10.1. The van der Waals surface area contributed by atoms with Crippen molar-refractivity contribution in [1.29, 1.82) is 0 Å². The first-order chi connectivity index (χ1) is 9.44. The van der Waals surface area contributed by atoms with Gasteiger partial charge in [-0.15, -0.1) is 0 Å². The van der Waals surface area contributed by atoms with E-state index < -0.39 is 0 Å². The Bertz CT molecular complexity index is 521. The summed E-state index contributed by atoms with van der Waals surface area (Å²) in [5.74, 6) is 0. The van der Waals surface area contributed by atoms with E-state index in [4.69, 9.17) is 0 Å². The molecule has 0 spiro atoms. The van der Waals surface area contributed by atoms with E-state index in [0.717, 1.165) is 26.1 Å². The van der Waals surface area contributed by atoms with Crippen LogP contribution in [-0.4, -0.2) is 42.1 Å². The van der Waals surface area contributed by atoms with Gasteiger partial charge in [-0.1, -0.05) is 18.2 Å². The molecule has 20 heavy (non-hydrogen) atoms. The zero-order chi connectivity index (χ0) is 14.3. The molecule has 1 fully saturated rings. The Hall–Kier alpha value is -1.71. The second-order valence-corrected chi connectivity index (χ2v) is 6.81. The molecule has 1 saturated heterocycles. The molecule has 4 heteroatoms. The van der Waals surface area contributed by atoms with Gasteiger partial charge in [-0.3, -0.25) is 0 Å². The molecule has 108 valence electrons. The maximum absolute atomic E-state index is 12.3. The SMILES string of the molecule is CC(C)(C)NC(=O)N1CCN2c3ccccc3CC2C1. The van der Waals surface area contributed by atoms with Crippen molar-refractivity contribution in [3.8, 4) is 0 Å². The van der Waals surface area contributed by atoms with E-state index in [1.807, 2.05) is 25.7 Å². The molecule has 2 heterocycles. The van der Waals surface area contributed by atoms with Crippen molar-refractivity contribution in [1.82, 2.24) is 10.2 Å². The van der Waals surface area contributed by atoms with Crippen LogP contribution in [0, 0.1) is 0 Å². The number of rotatable bonds is 0. The number of fused-ring (bicyclic) bond motifs is 3. The lowest BCUT2D eigenvalue weighted by Gasteiger charge is -2.40. The van der Waals surface area contributed by atoms with Crippen LogP contribution in [0.15, 0.2) is 24.3 Å². The van der Waals surface area contributed by atoms with Crippen LogP contribution in [0.4, 0.5) is 10.5 Å². The van der Waals surface area contributed by atoms with Gasteiger partial charge < -0.3 is 15.1 Å². The fraction of sp³-hybridized carbons (Fsp3) is 0.562. The Morgan fingerprint density at radius 3 is 2.75 bits per heavy atom. The first-order valence-corrected chi connectivity index (χ1v) is 7.36. The molecule has 4 nitrogen and oxygen atoms in total. The van der Waals surface area contributed by atoms with Crippen LogP contribution in [0.25, 0.3) is 0 Å². The molecule has 3 rings (SSSR count). The third-order valence-electron chi connectivity index (χ3n) is 4.01. The molecule has 0 aliphatic carbocycles. The minimum absolute atomic E-state index is 0.0631. The molecule has 0 saturated carbocycles. The largest absolute Gasteiger partial charge is 0.364 e. The fourth-order valence-electron chi connectivity index (χ4n) is 3.15. The monoisotopic (exact) mass is 273 g/mol. The molecular formula is C16H23N3O. The van der Waals surface area contributed by atoms with Gasteiger partial charge >= 0.3 is 6.03 Å². The summed E-state index contributed by atoms with van der Waals surface area (Å²) in [6, 6.07) is 9.09. The van der Waals surface area contributed by atoms with Gasteiger partial charge in [0.05, 0.1) is 6.04 Å². The zero-order valence-electron chi connectivity index (χ0n) is 12.5. The number of nitrogens with one attached hydrogen (secondary N) is 1. The number of hydrogen-bond acceptors (Lipinski definition) is 2. The predicted octanol–water partition coefficient (Wildman–Crippen LogP) is 2.24. The van der Waals surface area contributed by atoms with E-state index >= 15 is 0 Å². The number of piperazine rings is 1. The molecule has 2 aliphatic rings. The van der Waals surface area contributed by atoms with Crippen LogP contribution in [0.1, 0.15) is 26.3 Å². The molecule has 1 N–H and O–H groups in total. The van der Waals surface area contributed by atoms with E-state index in [1.54, 1.807) is 0 Å². The number of carbonyl (C=O) groups is 1. The highest BCUT2D eigenvalue weighted by Crippen LogP contribution is 2.33. The molecule has 2 amide bonds. The van der Waals surface area contributed by atoms with Crippen molar-refractivity contribution in [3.05, 3.63) is 29.8 Å². The Balaban J connectivity index is 1.68. The first-order valence-electron chi connectivity index (χ1n) is 7.36. The normalized spacial score (nSPS) is 21.4. The molecule has 0 radical (unpaired) electrons. The maximum atomic E-state index is 12.3. The summed E-state index contributed by atoms with van der Waals surface area (Å²) < 4.78 is 0. The van der Waals surface area contributed by atoms with Gasteiger partial charge in [0.25, 0.3) is 0 Å². The molecule has 1 atom stereocenters. The maximum Gasteiger partial charge on any atom is 0.317 e. The highest BCUT2D eigenvalue weighted by atomic mass is 16.2. The minimum atomic E-state index is -0.174. The first kappa shape index (κ1) is 13.3. The number of hydrogen-bond donors (Lipinski definition) is 1. The number of benzene rings is 1. The van der Waals surface area contributed by atoms with Crippen LogP contribution in [0.3, 0.4) is 0 Å².